The largest absolute Gasteiger partial charge is 0.490 e. The Morgan fingerprint density at radius 2 is 1.79 bits per heavy atom. The van der Waals surface area contributed by atoms with Gasteiger partial charge >= 0.3 is 0 Å². The summed E-state index contributed by atoms with van der Waals surface area (Å²) in [6, 6.07) is 11.0. The number of fused-ring (bicyclic) bond motifs is 1. The molecule has 1 saturated carbocycles. The number of aliphatic hydroxyl groups is 1. The maximum absolute atomic E-state index is 14.3. The van der Waals surface area contributed by atoms with Crippen molar-refractivity contribution in [2.24, 2.45) is 11.8 Å². The van der Waals surface area contributed by atoms with E-state index < -0.39 is 16.1 Å². The van der Waals surface area contributed by atoms with Gasteiger partial charge in [-0.2, -0.15) is 0 Å². The number of aliphatic hydroxyl groups excluding tert-OH is 1. The normalized spacial score (nSPS) is 23.3. The molecule has 1 amide bonds. The van der Waals surface area contributed by atoms with Gasteiger partial charge in [-0.25, -0.2) is 8.42 Å². The minimum Gasteiger partial charge on any atom is -0.490 e. The zero-order valence-electron chi connectivity index (χ0n) is 26.3. The van der Waals surface area contributed by atoms with Crippen LogP contribution in [-0.4, -0.2) is 87.4 Å². The van der Waals surface area contributed by atoms with E-state index in [9.17, 15) is 18.3 Å². The summed E-state index contributed by atoms with van der Waals surface area (Å²) in [4.78, 5) is 18.4. The molecule has 238 valence electrons. The number of hydrogen-bond acceptors (Lipinski definition) is 7. The summed E-state index contributed by atoms with van der Waals surface area (Å²) in [6.45, 7) is 10.4. The number of nitrogens with zero attached hydrogens (tertiary/aromatic N) is 2. The molecular weight excluding hydrogens is 566 g/mol. The fourth-order valence-electron chi connectivity index (χ4n) is 5.50. The Balaban J connectivity index is 1.65. The van der Waals surface area contributed by atoms with Crippen molar-refractivity contribution in [1.82, 2.24) is 9.80 Å². The van der Waals surface area contributed by atoms with E-state index >= 15 is 0 Å². The lowest BCUT2D eigenvalue weighted by atomic mass is 10.0. The minimum absolute atomic E-state index is 0.00550. The quantitative estimate of drug-likeness (QED) is 0.412. The highest BCUT2D eigenvalue weighted by Crippen LogP contribution is 2.31. The Bertz CT molecular complexity index is 1310. The lowest BCUT2D eigenvalue weighted by Gasteiger charge is -2.36. The molecule has 0 aromatic heterocycles. The van der Waals surface area contributed by atoms with Gasteiger partial charge in [-0.05, 0) is 96.2 Å². The number of likely N-dealkylation sites (N-methyl/N-ethyl adjacent to an activating group) is 1. The highest BCUT2D eigenvalue weighted by molar-refractivity contribution is 7.92. The molecule has 2 aromatic rings. The van der Waals surface area contributed by atoms with Crippen molar-refractivity contribution < 1.29 is 27.8 Å². The van der Waals surface area contributed by atoms with Crippen LogP contribution in [0.5, 0.6) is 5.75 Å². The molecule has 1 aliphatic carbocycles. The number of rotatable bonds is 9. The average Bonchev–Trinajstić information content (AvgIpc) is 3.78. The lowest BCUT2D eigenvalue weighted by molar-refractivity contribution is -0.0172. The van der Waals surface area contributed by atoms with E-state index in [1.54, 1.807) is 47.4 Å². The molecule has 0 spiro atoms. The molecule has 0 bridgehead atoms. The summed E-state index contributed by atoms with van der Waals surface area (Å²) in [5.74, 6) is 0.831. The molecule has 2 aromatic carbocycles. The zero-order valence-corrected chi connectivity index (χ0v) is 27.1. The Hall–Kier alpha value is -2.66. The van der Waals surface area contributed by atoms with Crippen LogP contribution in [0.3, 0.4) is 0 Å². The fraction of sp³-hybridized carbons (Fsp3) is 0.606. The van der Waals surface area contributed by atoms with Gasteiger partial charge in [0.2, 0.25) is 0 Å². The molecule has 43 heavy (non-hydrogen) atoms. The zero-order chi connectivity index (χ0) is 31.1. The standard InChI is InChI=1S/C33H49N3O6S/c1-23-9-14-29(15-10-23)43(39,40)34-28-13-16-31-30(18-28)33(38)36(25(3)22-37)19-24(2)32(21-35(5)20-27-11-12-27)41-17-7-6-8-26(4)42-31/h9-10,13-16,18,24-27,32,34,37H,6-8,11-12,17,19-22H2,1-5H3/t24-,25+,26+,32+/m0/s1. The van der Waals surface area contributed by atoms with Crippen molar-refractivity contribution >= 4 is 21.6 Å². The van der Waals surface area contributed by atoms with E-state index in [1.807, 2.05) is 20.8 Å². The smallest absolute Gasteiger partial charge is 0.261 e. The molecule has 10 heteroatoms. The number of carbonyl (C=O) groups is 1. The van der Waals surface area contributed by atoms with Gasteiger partial charge in [-0.1, -0.05) is 24.6 Å². The first-order valence-electron chi connectivity index (χ1n) is 15.6. The second-order valence-corrected chi connectivity index (χ2v) is 14.3. The molecule has 0 radical (unpaired) electrons. The van der Waals surface area contributed by atoms with Crippen molar-refractivity contribution in [2.45, 2.75) is 82.9 Å². The topological polar surface area (TPSA) is 108 Å². The molecule has 9 nitrogen and oxygen atoms in total. The summed E-state index contributed by atoms with van der Waals surface area (Å²) in [6.07, 6.45) is 4.95. The molecule has 4 atom stereocenters. The fourth-order valence-corrected chi connectivity index (χ4v) is 6.55. The number of anilines is 1. The van der Waals surface area contributed by atoms with Gasteiger partial charge in [0.05, 0.1) is 35.3 Å². The van der Waals surface area contributed by atoms with Gasteiger partial charge in [-0.3, -0.25) is 9.52 Å². The average molecular weight is 616 g/mol. The number of sulfonamides is 1. The van der Waals surface area contributed by atoms with Crippen molar-refractivity contribution in [3.05, 3.63) is 53.6 Å². The number of carbonyl (C=O) groups excluding carboxylic acids is 1. The van der Waals surface area contributed by atoms with Crippen LogP contribution >= 0.6 is 0 Å². The summed E-state index contributed by atoms with van der Waals surface area (Å²) in [5, 5.41) is 10.2. The van der Waals surface area contributed by atoms with Crippen LogP contribution < -0.4 is 9.46 Å². The molecule has 1 heterocycles. The van der Waals surface area contributed by atoms with E-state index in [-0.39, 0.29) is 46.8 Å². The maximum Gasteiger partial charge on any atom is 0.261 e. The van der Waals surface area contributed by atoms with Crippen LogP contribution in [0.2, 0.25) is 0 Å². The van der Waals surface area contributed by atoms with Gasteiger partial charge in [0.15, 0.2) is 0 Å². The predicted molar refractivity (Wildman–Crippen MR) is 169 cm³/mol. The second-order valence-electron chi connectivity index (χ2n) is 12.6. The van der Waals surface area contributed by atoms with Crippen molar-refractivity contribution in [3.8, 4) is 5.75 Å². The number of benzene rings is 2. The highest BCUT2D eigenvalue weighted by Gasteiger charge is 2.31. The Morgan fingerprint density at radius 3 is 2.47 bits per heavy atom. The van der Waals surface area contributed by atoms with Crippen molar-refractivity contribution in [2.75, 3.05) is 44.6 Å². The van der Waals surface area contributed by atoms with E-state index in [2.05, 4.69) is 23.6 Å². The molecule has 0 unspecified atom stereocenters. The molecule has 2 N–H and O–H groups in total. The lowest BCUT2D eigenvalue weighted by Crippen LogP contribution is -2.47. The van der Waals surface area contributed by atoms with Gasteiger partial charge in [0, 0.05) is 37.8 Å². The summed E-state index contributed by atoms with van der Waals surface area (Å²) >= 11 is 0. The molecule has 2 aliphatic rings. The van der Waals surface area contributed by atoms with Crippen LogP contribution in [0, 0.1) is 18.8 Å². The third kappa shape index (κ3) is 9.41. The number of aryl methyl sites for hydroxylation is 1. The first-order valence-corrected chi connectivity index (χ1v) is 17.1. The molecule has 1 aliphatic heterocycles. The van der Waals surface area contributed by atoms with Crippen LogP contribution in [0.1, 0.15) is 68.8 Å². The summed E-state index contributed by atoms with van der Waals surface area (Å²) in [7, 11) is -1.74. The Kier molecular flexibility index (Phi) is 11.5. The van der Waals surface area contributed by atoms with Crippen molar-refractivity contribution in [1.29, 1.82) is 0 Å². The molecule has 1 fully saturated rings. The van der Waals surface area contributed by atoms with Gasteiger partial charge in [0.1, 0.15) is 5.75 Å². The van der Waals surface area contributed by atoms with Gasteiger partial charge in [0.25, 0.3) is 15.9 Å². The van der Waals surface area contributed by atoms with E-state index in [0.29, 0.717) is 18.9 Å². The second kappa shape index (κ2) is 14.9. The van der Waals surface area contributed by atoms with E-state index in [1.165, 1.54) is 12.8 Å². The predicted octanol–water partition coefficient (Wildman–Crippen LogP) is 4.93. The monoisotopic (exact) mass is 615 g/mol. The van der Waals surface area contributed by atoms with E-state index in [0.717, 1.165) is 43.8 Å². The van der Waals surface area contributed by atoms with Crippen LogP contribution in [0.4, 0.5) is 5.69 Å². The SMILES string of the molecule is Cc1ccc(S(=O)(=O)Nc2ccc3c(c2)C(=O)N([C@H](C)CO)C[C@H](C)[C@@H](CN(C)CC2CC2)OCCCC[C@@H](C)O3)cc1. The van der Waals surface area contributed by atoms with Crippen LogP contribution in [0.25, 0.3) is 0 Å². The summed E-state index contributed by atoms with van der Waals surface area (Å²) in [5.41, 5.74) is 1.47. The van der Waals surface area contributed by atoms with Gasteiger partial charge < -0.3 is 24.4 Å². The first kappa shape index (κ1) is 33.2. The summed E-state index contributed by atoms with van der Waals surface area (Å²) < 4.78 is 41.7. The van der Waals surface area contributed by atoms with Crippen LogP contribution in [-0.2, 0) is 14.8 Å². The van der Waals surface area contributed by atoms with Gasteiger partial charge in [-0.15, -0.1) is 0 Å². The first-order chi connectivity index (χ1) is 20.5. The molecule has 4 rings (SSSR count). The third-order valence-electron chi connectivity index (χ3n) is 8.39. The molecule has 0 saturated heterocycles. The Labute approximate surface area is 257 Å². The number of nitrogens with one attached hydrogen (secondary N) is 1. The minimum atomic E-state index is -3.88. The number of hydrogen-bond donors (Lipinski definition) is 2. The number of amides is 1. The van der Waals surface area contributed by atoms with Crippen LogP contribution in [0.15, 0.2) is 47.4 Å². The Morgan fingerprint density at radius 1 is 1.07 bits per heavy atom. The number of ether oxygens (including phenoxy) is 2. The third-order valence-corrected chi connectivity index (χ3v) is 9.79. The maximum atomic E-state index is 14.3. The van der Waals surface area contributed by atoms with E-state index in [4.69, 9.17) is 9.47 Å². The molecular formula is C33H49N3O6S. The van der Waals surface area contributed by atoms with Crippen molar-refractivity contribution in [3.63, 3.8) is 0 Å². The highest BCUT2D eigenvalue weighted by atomic mass is 32.2.